The summed E-state index contributed by atoms with van der Waals surface area (Å²) in [6, 6.07) is 19.1. The molecule has 0 radical (unpaired) electrons. The number of fused-ring (bicyclic) bond motifs is 1. The molecule has 6 nitrogen and oxygen atoms in total. The van der Waals surface area contributed by atoms with Crippen molar-refractivity contribution in [1.82, 2.24) is 5.32 Å². The van der Waals surface area contributed by atoms with Crippen molar-refractivity contribution in [1.29, 1.82) is 0 Å². The van der Waals surface area contributed by atoms with Crippen LogP contribution >= 0.6 is 11.3 Å². The van der Waals surface area contributed by atoms with Gasteiger partial charge in [0.2, 0.25) is 6.79 Å². The fourth-order valence-electron chi connectivity index (χ4n) is 5.21. The molecule has 3 heterocycles. The smallest absolute Gasteiger partial charge is 0.254 e. The molecule has 3 aromatic rings. The number of anilines is 1. The van der Waals surface area contributed by atoms with Crippen LogP contribution in [0.3, 0.4) is 0 Å². The maximum atomic E-state index is 13.7. The summed E-state index contributed by atoms with van der Waals surface area (Å²) in [5, 5.41) is 8.49. The number of para-hydroxylation sites is 1. The highest BCUT2D eigenvalue weighted by atomic mass is 32.1. The summed E-state index contributed by atoms with van der Waals surface area (Å²) in [7, 11) is 0. The molecule has 176 valence electrons. The van der Waals surface area contributed by atoms with Crippen molar-refractivity contribution in [2.24, 2.45) is 0 Å². The Balaban J connectivity index is 1.43. The number of dihydropyridines is 1. The fourth-order valence-corrected chi connectivity index (χ4v) is 6.04. The van der Waals surface area contributed by atoms with E-state index >= 15 is 0 Å². The highest BCUT2D eigenvalue weighted by molar-refractivity contribution is 7.10. The van der Waals surface area contributed by atoms with E-state index in [1.54, 1.807) is 11.3 Å². The number of thiophene rings is 1. The van der Waals surface area contributed by atoms with E-state index in [2.05, 4.69) is 16.7 Å². The molecule has 1 amide bonds. The molecule has 0 fully saturated rings. The zero-order valence-electron chi connectivity index (χ0n) is 19.2. The van der Waals surface area contributed by atoms with Crippen LogP contribution in [0.2, 0.25) is 0 Å². The summed E-state index contributed by atoms with van der Waals surface area (Å²) >= 11 is 1.68. The Morgan fingerprint density at radius 2 is 1.86 bits per heavy atom. The minimum Gasteiger partial charge on any atom is -0.454 e. The van der Waals surface area contributed by atoms with E-state index in [4.69, 9.17) is 9.47 Å². The first kappa shape index (κ1) is 21.7. The molecule has 0 unspecified atom stereocenters. The third-order valence-corrected chi connectivity index (χ3v) is 7.81. The number of carbonyl (C=O) groups is 2. The molecule has 2 aromatic carbocycles. The molecule has 1 aliphatic carbocycles. The third kappa shape index (κ3) is 3.91. The molecule has 0 saturated heterocycles. The molecule has 2 aliphatic heterocycles. The highest BCUT2D eigenvalue weighted by Crippen LogP contribution is 2.47. The minimum atomic E-state index is -0.499. The average Bonchev–Trinajstić information content (AvgIpc) is 3.55. The van der Waals surface area contributed by atoms with Crippen LogP contribution in [0, 0.1) is 0 Å². The number of benzene rings is 2. The van der Waals surface area contributed by atoms with Crippen LogP contribution in [-0.4, -0.2) is 18.5 Å². The van der Waals surface area contributed by atoms with Crippen molar-refractivity contribution in [3.63, 3.8) is 0 Å². The predicted molar refractivity (Wildman–Crippen MR) is 135 cm³/mol. The summed E-state index contributed by atoms with van der Waals surface area (Å²) in [4.78, 5) is 28.5. The molecule has 0 bridgehead atoms. The lowest BCUT2D eigenvalue weighted by Crippen LogP contribution is -2.37. The van der Waals surface area contributed by atoms with Gasteiger partial charge >= 0.3 is 0 Å². The number of ether oxygens (including phenoxy) is 2. The van der Waals surface area contributed by atoms with Gasteiger partial charge in [0.15, 0.2) is 17.3 Å². The van der Waals surface area contributed by atoms with Crippen LogP contribution in [0.5, 0.6) is 11.5 Å². The van der Waals surface area contributed by atoms with Gasteiger partial charge in [-0.2, -0.15) is 0 Å². The van der Waals surface area contributed by atoms with Gasteiger partial charge in [-0.15, -0.1) is 11.3 Å². The van der Waals surface area contributed by atoms with Gasteiger partial charge in [-0.3, -0.25) is 9.59 Å². The minimum absolute atomic E-state index is 0.0670. The zero-order valence-corrected chi connectivity index (χ0v) is 20.0. The van der Waals surface area contributed by atoms with Crippen molar-refractivity contribution in [3.8, 4) is 11.5 Å². The Morgan fingerprint density at radius 3 is 2.66 bits per heavy atom. The predicted octanol–water partition coefficient (Wildman–Crippen LogP) is 5.48. The van der Waals surface area contributed by atoms with Crippen molar-refractivity contribution in [2.45, 2.75) is 31.6 Å². The van der Waals surface area contributed by atoms with E-state index < -0.39 is 5.92 Å². The van der Waals surface area contributed by atoms with Gasteiger partial charge in [0, 0.05) is 51.4 Å². The van der Waals surface area contributed by atoms with Gasteiger partial charge in [0.05, 0.1) is 0 Å². The molecule has 2 atom stereocenters. The van der Waals surface area contributed by atoms with Crippen LogP contribution in [0.4, 0.5) is 5.69 Å². The summed E-state index contributed by atoms with van der Waals surface area (Å²) in [6.07, 6.45) is 1.16. The molecule has 1 aromatic heterocycles. The number of Topliss-reactive ketones (excluding diaryl/α,β-unsaturated/α-hetero) is 1. The number of rotatable bonds is 4. The molecule has 0 spiro atoms. The van der Waals surface area contributed by atoms with Crippen LogP contribution in [0.15, 0.2) is 88.6 Å². The Hall–Kier alpha value is -3.84. The van der Waals surface area contributed by atoms with Crippen LogP contribution < -0.4 is 20.1 Å². The highest BCUT2D eigenvalue weighted by Gasteiger charge is 2.41. The van der Waals surface area contributed by atoms with E-state index in [1.807, 2.05) is 66.9 Å². The number of nitrogens with one attached hydrogen (secondary N) is 2. The van der Waals surface area contributed by atoms with Gasteiger partial charge in [-0.05, 0) is 54.6 Å². The molecule has 0 saturated carbocycles. The van der Waals surface area contributed by atoms with Gasteiger partial charge in [0.1, 0.15) is 0 Å². The number of hydrogen-bond acceptors (Lipinski definition) is 6. The number of hydrogen-bond donors (Lipinski definition) is 2. The second-order valence-corrected chi connectivity index (χ2v) is 9.94. The molecule has 6 rings (SSSR count). The first-order chi connectivity index (χ1) is 17.1. The maximum Gasteiger partial charge on any atom is 0.254 e. The third-order valence-electron chi connectivity index (χ3n) is 6.78. The van der Waals surface area contributed by atoms with Crippen LogP contribution in [0.1, 0.15) is 42.0 Å². The SMILES string of the molecule is CC1=C(C(=O)Nc2ccccc2)[C@@H](c2ccc3c(c2)OCO3)C2=C(C[C@@H](c3cccs3)CC2=O)N1. The second kappa shape index (κ2) is 8.74. The first-order valence-corrected chi connectivity index (χ1v) is 12.5. The van der Waals surface area contributed by atoms with Gasteiger partial charge in [-0.1, -0.05) is 30.3 Å². The van der Waals surface area contributed by atoms with Crippen molar-refractivity contribution in [2.75, 3.05) is 12.1 Å². The Morgan fingerprint density at radius 1 is 1.03 bits per heavy atom. The zero-order chi connectivity index (χ0) is 23.9. The van der Waals surface area contributed by atoms with E-state index in [1.165, 1.54) is 4.88 Å². The Kier molecular flexibility index (Phi) is 5.41. The van der Waals surface area contributed by atoms with Gasteiger partial charge in [0.25, 0.3) is 5.91 Å². The molecular weight excluding hydrogens is 460 g/mol. The lowest BCUT2D eigenvalue weighted by atomic mass is 9.72. The maximum absolute atomic E-state index is 13.7. The topological polar surface area (TPSA) is 76.7 Å². The lowest BCUT2D eigenvalue weighted by molar-refractivity contribution is -0.116. The fraction of sp³-hybridized carbons (Fsp3) is 0.214. The lowest BCUT2D eigenvalue weighted by Gasteiger charge is -2.36. The molecule has 7 heteroatoms. The summed E-state index contributed by atoms with van der Waals surface area (Å²) in [5.74, 6) is 0.768. The van der Waals surface area contributed by atoms with Crippen LogP contribution in [0.25, 0.3) is 0 Å². The monoisotopic (exact) mass is 484 g/mol. The Bertz CT molecular complexity index is 1380. The van der Waals surface area contributed by atoms with Crippen molar-refractivity contribution in [3.05, 3.63) is 99.0 Å². The Labute approximate surface area is 207 Å². The van der Waals surface area contributed by atoms with Gasteiger partial charge in [-0.25, -0.2) is 0 Å². The number of ketones is 1. The van der Waals surface area contributed by atoms with Crippen molar-refractivity contribution < 1.29 is 19.1 Å². The van der Waals surface area contributed by atoms with E-state index in [9.17, 15) is 9.59 Å². The van der Waals surface area contributed by atoms with E-state index in [-0.39, 0.29) is 24.4 Å². The molecule has 35 heavy (non-hydrogen) atoms. The molecular formula is C28H24N2O4S. The first-order valence-electron chi connectivity index (χ1n) is 11.6. The van der Waals surface area contributed by atoms with Gasteiger partial charge < -0.3 is 20.1 Å². The molecule has 3 aliphatic rings. The number of allylic oxidation sites excluding steroid dienone is 3. The van der Waals surface area contributed by atoms with E-state index in [0.29, 0.717) is 34.8 Å². The second-order valence-electron chi connectivity index (χ2n) is 8.97. The quantitative estimate of drug-likeness (QED) is 0.513. The average molecular weight is 485 g/mol. The number of carbonyl (C=O) groups excluding carboxylic acids is 2. The summed E-state index contributed by atoms with van der Waals surface area (Å²) in [5.41, 5.74) is 4.39. The van der Waals surface area contributed by atoms with Crippen molar-refractivity contribution >= 4 is 28.7 Å². The van der Waals surface area contributed by atoms with E-state index in [0.717, 1.165) is 23.4 Å². The number of amides is 1. The summed E-state index contributed by atoms with van der Waals surface area (Å²) < 4.78 is 11.1. The summed E-state index contributed by atoms with van der Waals surface area (Å²) in [6.45, 7) is 2.07. The largest absolute Gasteiger partial charge is 0.454 e. The standard InChI is InChI=1S/C28H24N2O4S/c1-16-25(28(32)30-19-6-3-2-4-7-19)26(17-9-10-22-23(14-17)34-15-33-22)27-20(29-16)12-18(13-21(27)31)24-8-5-11-35-24/h2-11,14,18,26,29H,12-13,15H2,1H3,(H,30,32)/t18-,26-/m1/s1. The normalized spacial score (nSPS) is 21.0. The molecule has 2 N–H and O–H groups in total. The van der Waals surface area contributed by atoms with Crippen LogP contribution in [-0.2, 0) is 9.59 Å².